The summed E-state index contributed by atoms with van der Waals surface area (Å²) in [6.07, 6.45) is 4.29. The molecule has 0 N–H and O–H groups in total. The van der Waals surface area contributed by atoms with Gasteiger partial charge in [-0.1, -0.05) is 107 Å². The second kappa shape index (κ2) is 7.08. The maximum absolute atomic E-state index is 3.46. The molecule has 0 saturated carbocycles. The zero-order chi connectivity index (χ0) is 17.1. The van der Waals surface area contributed by atoms with Crippen molar-refractivity contribution in [3.8, 4) is 11.1 Å². The van der Waals surface area contributed by atoms with E-state index >= 15 is 0 Å². The van der Waals surface area contributed by atoms with Crippen LogP contribution in [0.5, 0.6) is 0 Å². The first-order valence-electron chi connectivity index (χ1n) is 8.31. The lowest BCUT2D eigenvalue weighted by atomic mass is 9.97. The molecule has 25 heavy (non-hydrogen) atoms. The summed E-state index contributed by atoms with van der Waals surface area (Å²) in [5.74, 6) is 0. The first-order chi connectivity index (χ1) is 12.3. The van der Waals surface area contributed by atoms with Gasteiger partial charge in [0.1, 0.15) is 0 Å². The molecule has 0 aliphatic heterocycles. The van der Waals surface area contributed by atoms with Gasteiger partial charge in [-0.2, -0.15) is 0 Å². The predicted molar refractivity (Wildman–Crippen MR) is 112 cm³/mol. The van der Waals surface area contributed by atoms with E-state index in [4.69, 9.17) is 0 Å². The topological polar surface area (TPSA) is 0 Å². The molecule has 0 fully saturated rings. The molecule has 4 aromatic rings. The molecular formula is C24H17Br. The average Bonchev–Trinajstić information content (AvgIpc) is 2.68. The fourth-order valence-corrected chi connectivity index (χ4v) is 3.28. The van der Waals surface area contributed by atoms with Gasteiger partial charge in [-0.3, -0.25) is 0 Å². The molecule has 4 rings (SSSR count). The van der Waals surface area contributed by atoms with Crippen LogP contribution in [0.25, 0.3) is 34.1 Å². The summed E-state index contributed by atoms with van der Waals surface area (Å²) in [7, 11) is 0. The van der Waals surface area contributed by atoms with Crippen molar-refractivity contribution in [1.82, 2.24) is 0 Å². The molecule has 1 heteroatoms. The van der Waals surface area contributed by atoms with E-state index in [1.807, 2.05) is 0 Å². The molecule has 0 radical (unpaired) electrons. The molecule has 0 aromatic heterocycles. The van der Waals surface area contributed by atoms with Gasteiger partial charge in [-0.05, 0) is 45.2 Å². The van der Waals surface area contributed by atoms with Crippen molar-refractivity contribution in [2.24, 2.45) is 0 Å². The van der Waals surface area contributed by atoms with Gasteiger partial charge in [0.05, 0.1) is 0 Å². The van der Waals surface area contributed by atoms with Gasteiger partial charge < -0.3 is 0 Å². The summed E-state index contributed by atoms with van der Waals surface area (Å²) in [5, 5.41) is 2.57. The molecule has 120 valence electrons. The smallest absolute Gasteiger partial charge is 0.0175 e. The summed E-state index contributed by atoms with van der Waals surface area (Å²) in [6, 6.07) is 32.1. The van der Waals surface area contributed by atoms with Crippen molar-refractivity contribution < 1.29 is 0 Å². The second-order valence-corrected chi connectivity index (χ2v) is 6.95. The second-order valence-electron chi connectivity index (χ2n) is 6.03. The SMILES string of the molecule is Brc1ccc(C=Cc2ccc(-c3cccc4ccccc34)cc2)cc1. The van der Waals surface area contributed by atoms with E-state index in [0.717, 1.165) is 4.47 Å². The van der Waals surface area contributed by atoms with Crippen molar-refractivity contribution in [3.63, 3.8) is 0 Å². The van der Waals surface area contributed by atoms with Gasteiger partial charge in [0.15, 0.2) is 0 Å². The van der Waals surface area contributed by atoms with Gasteiger partial charge in [-0.15, -0.1) is 0 Å². The van der Waals surface area contributed by atoms with Gasteiger partial charge in [0.2, 0.25) is 0 Å². The Kier molecular flexibility index (Phi) is 4.49. The van der Waals surface area contributed by atoms with Crippen LogP contribution < -0.4 is 0 Å². The monoisotopic (exact) mass is 384 g/mol. The fourth-order valence-electron chi connectivity index (χ4n) is 3.02. The van der Waals surface area contributed by atoms with Gasteiger partial charge >= 0.3 is 0 Å². The first kappa shape index (κ1) is 15.9. The first-order valence-corrected chi connectivity index (χ1v) is 9.11. The third kappa shape index (κ3) is 3.57. The number of rotatable bonds is 3. The number of halogens is 1. The normalized spacial score (nSPS) is 11.2. The van der Waals surface area contributed by atoms with E-state index in [1.165, 1.54) is 33.0 Å². The molecule has 0 heterocycles. The zero-order valence-electron chi connectivity index (χ0n) is 13.7. The lowest BCUT2D eigenvalue weighted by molar-refractivity contribution is 1.61. The highest BCUT2D eigenvalue weighted by Gasteiger charge is 2.02. The third-order valence-corrected chi connectivity index (χ3v) is 4.88. The molecular weight excluding hydrogens is 368 g/mol. The third-order valence-electron chi connectivity index (χ3n) is 4.35. The summed E-state index contributed by atoms with van der Waals surface area (Å²) >= 11 is 3.46. The highest BCUT2D eigenvalue weighted by atomic mass is 79.9. The Bertz CT molecular complexity index is 1020. The summed E-state index contributed by atoms with van der Waals surface area (Å²) in [6.45, 7) is 0. The van der Waals surface area contributed by atoms with Crippen LogP contribution in [-0.2, 0) is 0 Å². The van der Waals surface area contributed by atoms with Gasteiger partial charge in [0, 0.05) is 4.47 Å². The number of hydrogen-bond acceptors (Lipinski definition) is 0. The van der Waals surface area contributed by atoms with E-state index < -0.39 is 0 Å². The summed E-state index contributed by atoms with van der Waals surface area (Å²) < 4.78 is 1.10. The van der Waals surface area contributed by atoms with Crippen LogP contribution in [0.4, 0.5) is 0 Å². The molecule has 4 aromatic carbocycles. The lowest BCUT2D eigenvalue weighted by Gasteiger charge is -2.07. The van der Waals surface area contributed by atoms with Crippen LogP contribution in [-0.4, -0.2) is 0 Å². The Morgan fingerprint density at radius 2 is 1.16 bits per heavy atom. The summed E-state index contributed by atoms with van der Waals surface area (Å²) in [5.41, 5.74) is 4.92. The Labute approximate surface area is 156 Å². The molecule has 0 bridgehead atoms. The maximum atomic E-state index is 3.46. The van der Waals surface area contributed by atoms with Crippen LogP contribution in [0.2, 0.25) is 0 Å². The minimum atomic E-state index is 1.10. The Morgan fingerprint density at radius 3 is 1.88 bits per heavy atom. The molecule has 0 aliphatic carbocycles. The maximum Gasteiger partial charge on any atom is 0.0175 e. The molecule has 0 spiro atoms. The van der Waals surface area contributed by atoms with Crippen molar-refractivity contribution in [2.75, 3.05) is 0 Å². The van der Waals surface area contributed by atoms with Gasteiger partial charge in [0.25, 0.3) is 0 Å². The van der Waals surface area contributed by atoms with Crippen molar-refractivity contribution >= 4 is 38.9 Å². The van der Waals surface area contributed by atoms with E-state index in [-0.39, 0.29) is 0 Å². The van der Waals surface area contributed by atoms with Crippen molar-refractivity contribution in [3.05, 3.63) is 107 Å². The molecule has 0 aliphatic rings. The minimum Gasteiger partial charge on any atom is -0.0616 e. The van der Waals surface area contributed by atoms with Crippen LogP contribution in [0, 0.1) is 0 Å². The molecule has 0 unspecified atom stereocenters. The molecule has 0 atom stereocenters. The summed E-state index contributed by atoms with van der Waals surface area (Å²) in [4.78, 5) is 0. The van der Waals surface area contributed by atoms with Crippen molar-refractivity contribution in [2.45, 2.75) is 0 Å². The standard InChI is InChI=1S/C24H17Br/c25-22-16-12-19(13-17-22)9-8-18-10-14-21(15-11-18)24-7-3-5-20-4-1-2-6-23(20)24/h1-17H. The average molecular weight is 385 g/mol. The van der Waals surface area contributed by atoms with E-state index in [2.05, 4.69) is 119 Å². The highest BCUT2D eigenvalue weighted by molar-refractivity contribution is 9.10. The Balaban J connectivity index is 1.62. The van der Waals surface area contributed by atoms with Crippen molar-refractivity contribution in [1.29, 1.82) is 0 Å². The van der Waals surface area contributed by atoms with Crippen LogP contribution in [0.15, 0.2) is 95.5 Å². The van der Waals surface area contributed by atoms with Crippen LogP contribution in [0.3, 0.4) is 0 Å². The fraction of sp³-hybridized carbons (Fsp3) is 0. The van der Waals surface area contributed by atoms with Crippen LogP contribution >= 0.6 is 15.9 Å². The Hall–Kier alpha value is -2.64. The van der Waals surface area contributed by atoms with Gasteiger partial charge in [-0.25, -0.2) is 0 Å². The lowest BCUT2D eigenvalue weighted by Crippen LogP contribution is -1.81. The molecule has 0 saturated heterocycles. The minimum absolute atomic E-state index is 1.10. The predicted octanol–water partition coefficient (Wildman–Crippen LogP) is 7.44. The zero-order valence-corrected chi connectivity index (χ0v) is 15.3. The van der Waals surface area contributed by atoms with Crippen LogP contribution in [0.1, 0.15) is 11.1 Å². The largest absolute Gasteiger partial charge is 0.0616 e. The molecule has 0 amide bonds. The van der Waals surface area contributed by atoms with E-state index in [9.17, 15) is 0 Å². The van der Waals surface area contributed by atoms with E-state index in [1.54, 1.807) is 0 Å². The number of fused-ring (bicyclic) bond motifs is 1. The quantitative estimate of drug-likeness (QED) is 0.322. The number of benzene rings is 4. The Morgan fingerprint density at radius 1 is 0.560 bits per heavy atom. The number of hydrogen-bond donors (Lipinski definition) is 0. The van der Waals surface area contributed by atoms with E-state index in [0.29, 0.717) is 0 Å². The highest BCUT2D eigenvalue weighted by Crippen LogP contribution is 2.28. The molecule has 0 nitrogen and oxygen atoms in total.